The first kappa shape index (κ1) is 16.9. The highest BCUT2D eigenvalue weighted by Crippen LogP contribution is 2.28. The molecule has 142 valence electrons. The Hall–Kier alpha value is -3.29. The second-order valence-electron chi connectivity index (χ2n) is 7.19. The van der Waals surface area contributed by atoms with Crippen LogP contribution in [0.5, 0.6) is 0 Å². The molecule has 0 N–H and O–H groups in total. The molecule has 0 atom stereocenters. The number of aromatic nitrogens is 6. The van der Waals surface area contributed by atoms with E-state index in [4.69, 9.17) is 0 Å². The zero-order valence-corrected chi connectivity index (χ0v) is 15.5. The van der Waals surface area contributed by atoms with E-state index in [1.54, 1.807) is 17.1 Å². The van der Waals surface area contributed by atoms with E-state index in [2.05, 4.69) is 25.3 Å². The summed E-state index contributed by atoms with van der Waals surface area (Å²) in [6.45, 7) is 1.77. The number of nitrogens with zero attached hydrogens (tertiary/aromatic N) is 7. The SMILES string of the molecule is Cn1cc(-c2ccc(N3CCC(n4ncc5cc(F)ccc54)CC3)nn2)cn1. The molecule has 0 spiro atoms. The van der Waals surface area contributed by atoms with Crippen LogP contribution in [0.1, 0.15) is 18.9 Å². The van der Waals surface area contributed by atoms with E-state index in [0.29, 0.717) is 6.04 Å². The number of hydrogen-bond acceptors (Lipinski definition) is 5. The molecule has 0 unspecified atom stereocenters. The van der Waals surface area contributed by atoms with E-state index in [1.165, 1.54) is 12.1 Å². The van der Waals surface area contributed by atoms with Gasteiger partial charge in [-0.3, -0.25) is 9.36 Å². The van der Waals surface area contributed by atoms with E-state index in [9.17, 15) is 4.39 Å². The van der Waals surface area contributed by atoms with E-state index in [1.807, 2.05) is 36.1 Å². The number of fused-ring (bicyclic) bond motifs is 1. The lowest BCUT2D eigenvalue weighted by molar-refractivity contribution is 0.375. The molecule has 7 nitrogen and oxygen atoms in total. The summed E-state index contributed by atoms with van der Waals surface area (Å²) in [6, 6.07) is 9.15. The van der Waals surface area contributed by atoms with Gasteiger partial charge >= 0.3 is 0 Å². The minimum absolute atomic E-state index is 0.227. The van der Waals surface area contributed by atoms with Crippen molar-refractivity contribution in [3.05, 3.63) is 54.7 Å². The molecule has 8 heteroatoms. The van der Waals surface area contributed by atoms with Crippen molar-refractivity contribution in [1.82, 2.24) is 29.8 Å². The van der Waals surface area contributed by atoms with Crippen molar-refractivity contribution in [3.63, 3.8) is 0 Å². The zero-order chi connectivity index (χ0) is 19.1. The van der Waals surface area contributed by atoms with Gasteiger partial charge < -0.3 is 4.90 Å². The number of anilines is 1. The maximum atomic E-state index is 13.4. The van der Waals surface area contributed by atoms with Crippen LogP contribution >= 0.6 is 0 Å². The van der Waals surface area contributed by atoms with E-state index < -0.39 is 0 Å². The first-order valence-electron chi connectivity index (χ1n) is 9.38. The van der Waals surface area contributed by atoms with E-state index in [-0.39, 0.29) is 5.82 Å². The number of hydrogen-bond donors (Lipinski definition) is 0. The molecule has 28 heavy (non-hydrogen) atoms. The Bertz CT molecular complexity index is 1110. The third-order valence-corrected chi connectivity index (χ3v) is 5.34. The molecule has 5 rings (SSSR count). The average Bonchev–Trinajstić information content (AvgIpc) is 3.34. The third kappa shape index (κ3) is 3.00. The van der Waals surface area contributed by atoms with Gasteiger partial charge in [0.15, 0.2) is 5.82 Å². The summed E-state index contributed by atoms with van der Waals surface area (Å²) < 4.78 is 17.2. The first-order chi connectivity index (χ1) is 13.7. The van der Waals surface area contributed by atoms with Gasteiger partial charge in [-0.05, 0) is 43.2 Å². The van der Waals surface area contributed by atoms with Crippen LogP contribution in [0.25, 0.3) is 22.2 Å². The van der Waals surface area contributed by atoms with Gasteiger partial charge in [-0.15, -0.1) is 10.2 Å². The second-order valence-corrected chi connectivity index (χ2v) is 7.19. The van der Waals surface area contributed by atoms with Gasteiger partial charge in [0.1, 0.15) is 5.82 Å². The Balaban J connectivity index is 1.29. The minimum atomic E-state index is -0.227. The third-order valence-electron chi connectivity index (χ3n) is 5.34. The molecule has 4 heterocycles. The molecule has 0 aliphatic carbocycles. The molecule has 0 saturated carbocycles. The van der Waals surface area contributed by atoms with Gasteiger partial charge in [0, 0.05) is 37.3 Å². The fraction of sp³-hybridized carbons (Fsp3) is 0.300. The Morgan fingerprint density at radius 1 is 1.00 bits per heavy atom. The second kappa shape index (κ2) is 6.70. The number of piperidine rings is 1. The molecule has 1 aliphatic rings. The van der Waals surface area contributed by atoms with Gasteiger partial charge in [0.25, 0.3) is 0 Å². The number of halogens is 1. The average molecular weight is 377 g/mol. The molecule has 1 aromatic carbocycles. The van der Waals surface area contributed by atoms with Crippen molar-refractivity contribution in [2.24, 2.45) is 7.05 Å². The number of rotatable bonds is 3. The van der Waals surface area contributed by atoms with Gasteiger partial charge in [-0.2, -0.15) is 10.2 Å². The maximum Gasteiger partial charge on any atom is 0.151 e. The normalized spacial score (nSPS) is 15.4. The summed E-state index contributed by atoms with van der Waals surface area (Å²) in [5.41, 5.74) is 2.77. The Morgan fingerprint density at radius 2 is 1.86 bits per heavy atom. The highest BCUT2D eigenvalue weighted by Gasteiger charge is 2.23. The highest BCUT2D eigenvalue weighted by atomic mass is 19.1. The number of benzene rings is 1. The van der Waals surface area contributed by atoms with Crippen LogP contribution in [-0.2, 0) is 7.05 Å². The maximum absolute atomic E-state index is 13.4. The molecule has 0 amide bonds. The summed E-state index contributed by atoms with van der Waals surface area (Å²) in [6.07, 6.45) is 7.37. The van der Waals surface area contributed by atoms with Gasteiger partial charge in [-0.25, -0.2) is 4.39 Å². The number of aryl methyl sites for hydroxylation is 1. The standard InChI is InChI=1S/C20H20FN7/c1-26-13-15(12-22-26)18-3-5-20(25-24-18)27-8-6-17(7-9-27)28-19-4-2-16(21)10-14(19)11-23-28/h2-5,10-13,17H,6-9H2,1H3. The molecule has 4 aromatic rings. The lowest BCUT2D eigenvalue weighted by Crippen LogP contribution is -2.35. The van der Waals surface area contributed by atoms with Gasteiger partial charge in [-0.1, -0.05) is 0 Å². The van der Waals surface area contributed by atoms with E-state index >= 15 is 0 Å². The fourth-order valence-corrected chi connectivity index (χ4v) is 3.86. The van der Waals surface area contributed by atoms with Crippen LogP contribution in [0, 0.1) is 5.82 Å². The molecule has 1 saturated heterocycles. The Morgan fingerprint density at radius 3 is 2.57 bits per heavy atom. The lowest BCUT2D eigenvalue weighted by atomic mass is 10.0. The highest BCUT2D eigenvalue weighted by molar-refractivity contribution is 5.78. The topological polar surface area (TPSA) is 64.7 Å². The van der Waals surface area contributed by atoms with Crippen molar-refractivity contribution >= 4 is 16.7 Å². The smallest absolute Gasteiger partial charge is 0.151 e. The van der Waals surface area contributed by atoms with Crippen molar-refractivity contribution in [3.8, 4) is 11.3 Å². The predicted octanol–water partition coefficient (Wildman–Crippen LogP) is 3.21. The van der Waals surface area contributed by atoms with Crippen LogP contribution in [0.2, 0.25) is 0 Å². The fourth-order valence-electron chi connectivity index (χ4n) is 3.86. The van der Waals surface area contributed by atoms with Crippen LogP contribution in [0.15, 0.2) is 48.9 Å². The van der Waals surface area contributed by atoms with Crippen molar-refractivity contribution < 1.29 is 4.39 Å². The summed E-state index contributed by atoms with van der Waals surface area (Å²) >= 11 is 0. The zero-order valence-electron chi connectivity index (χ0n) is 15.5. The van der Waals surface area contributed by atoms with Crippen molar-refractivity contribution in [2.45, 2.75) is 18.9 Å². The largest absolute Gasteiger partial charge is 0.355 e. The van der Waals surface area contributed by atoms with Crippen molar-refractivity contribution in [2.75, 3.05) is 18.0 Å². The van der Waals surface area contributed by atoms with Gasteiger partial charge in [0.05, 0.1) is 29.6 Å². The molecule has 1 fully saturated rings. The summed E-state index contributed by atoms with van der Waals surface area (Å²) in [4.78, 5) is 2.25. The van der Waals surface area contributed by atoms with Crippen LogP contribution in [0.3, 0.4) is 0 Å². The predicted molar refractivity (Wildman–Crippen MR) is 104 cm³/mol. The Kier molecular flexibility index (Phi) is 4.03. The summed E-state index contributed by atoms with van der Waals surface area (Å²) in [7, 11) is 1.88. The summed E-state index contributed by atoms with van der Waals surface area (Å²) in [5.74, 6) is 0.661. The molecule has 0 radical (unpaired) electrons. The molecule has 0 bridgehead atoms. The monoisotopic (exact) mass is 377 g/mol. The van der Waals surface area contributed by atoms with Crippen LogP contribution < -0.4 is 4.90 Å². The molecule has 3 aromatic heterocycles. The molecular weight excluding hydrogens is 357 g/mol. The van der Waals surface area contributed by atoms with Crippen LogP contribution in [0.4, 0.5) is 10.2 Å². The van der Waals surface area contributed by atoms with E-state index in [0.717, 1.165) is 53.9 Å². The van der Waals surface area contributed by atoms with Gasteiger partial charge in [0.2, 0.25) is 0 Å². The molecular formula is C20H20FN7. The minimum Gasteiger partial charge on any atom is -0.355 e. The molecule has 1 aliphatic heterocycles. The van der Waals surface area contributed by atoms with Crippen LogP contribution in [-0.4, -0.2) is 42.8 Å². The first-order valence-corrected chi connectivity index (χ1v) is 9.38. The van der Waals surface area contributed by atoms with Crippen molar-refractivity contribution in [1.29, 1.82) is 0 Å². The summed E-state index contributed by atoms with van der Waals surface area (Å²) in [5, 5.41) is 18.3. The lowest BCUT2D eigenvalue weighted by Gasteiger charge is -2.32. The quantitative estimate of drug-likeness (QED) is 0.549. The Labute approximate surface area is 161 Å².